The molecule has 0 heterocycles. The zero-order chi connectivity index (χ0) is 41.4. The Bertz CT molecular complexity index is 2300. The van der Waals surface area contributed by atoms with Gasteiger partial charge in [-0.1, -0.05) is 83.4 Å². The first-order valence-electron chi connectivity index (χ1n) is 19.3. The van der Waals surface area contributed by atoms with Crippen molar-refractivity contribution in [3.05, 3.63) is 210 Å². The van der Waals surface area contributed by atoms with Gasteiger partial charge in [0.05, 0.1) is 0 Å². The van der Waals surface area contributed by atoms with Gasteiger partial charge in [-0.3, -0.25) is 0 Å². The van der Waals surface area contributed by atoms with Crippen molar-refractivity contribution < 1.29 is 42.4 Å². The lowest BCUT2D eigenvalue weighted by Crippen LogP contribution is -3.61. The Kier molecular flexibility index (Phi) is 16.9. The zero-order valence-corrected chi connectivity index (χ0v) is 43.8. The van der Waals surface area contributed by atoms with Gasteiger partial charge in [0.15, 0.2) is 14.3 Å². The van der Waals surface area contributed by atoms with E-state index < -0.39 is 0 Å². The van der Waals surface area contributed by atoms with Crippen LogP contribution in [-0.2, 0) is 0 Å². The third-order valence-corrected chi connectivity index (χ3v) is 19.4. The maximum atomic E-state index is 2.41. The molecule has 0 unspecified atom stereocenters. The van der Waals surface area contributed by atoms with Crippen LogP contribution in [0.1, 0.15) is 61.2 Å². The molecule has 0 N–H and O–H groups in total. The minimum absolute atomic E-state index is 0.152. The van der Waals surface area contributed by atoms with E-state index in [1.54, 1.807) is 0 Å². The van der Waals surface area contributed by atoms with Crippen LogP contribution in [0.2, 0.25) is 0 Å². The van der Waals surface area contributed by atoms with E-state index >= 15 is 0 Å². The number of halogens is 4. The van der Waals surface area contributed by atoms with E-state index in [-0.39, 0.29) is 42.4 Å². The third-order valence-electron chi connectivity index (χ3n) is 10.8. The molecule has 7 aromatic carbocycles. The fraction of sp³-hybridized carbons (Fsp3) is 0.208. The van der Waals surface area contributed by atoms with E-state index in [0.29, 0.717) is 0 Å². The number of rotatable bonds is 6. The summed E-state index contributed by atoms with van der Waals surface area (Å²) in [5, 5.41) is 0. The summed E-state index contributed by atoms with van der Waals surface area (Å²) < 4.78 is 8.72. The number of hydrogen-bond donors (Lipinski definition) is 0. The molecule has 0 spiro atoms. The van der Waals surface area contributed by atoms with Crippen LogP contribution >= 0.6 is 45.2 Å². The van der Waals surface area contributed by atoms with Crippen LogP contribution in [-0.4, -0.2) is 0 Å². The van der Waals surface area contributed by atoms with Gasteiger partial charge in [0, 0.05) is 18.3 Å². The van der Waals surface area contributed by atoms with Crippen LogP contribution in [0.5, 0.6) is 0 Å². The minimum Gasteiger partial charge on any atom is -0.0622 e. The molecule has 0 saturated heterocycles. The molecule has 0 aromatic heterocycles. The van der Waals surface area contributed by atoms with Gasteiger partial charge < -0.3 is 0 Å². The summed E-state index contributed by atoms with van der Waals surface area (Å²) in [6, 6.07) is 46.8. The van der Waals surface area contributed by atoms with Gasteiger partial charge in [-0.25, -0.2) is 0 Å². The van der Waals surface area contributed by atoms with Crippen molar-refractivity contribution in [2.24, 2.45) is 0 Å². The van der Waals surface area contributed by atoms with Crippen molar-refractivity contribution in [2.45, 2.75) is 76.2 Å². The molecule has 0 aliphatic rings. The molecule has 0 bridgehead atoms. The molecular formula is C53H54I4+2. The fourth-order valence-corrected chi connectivity index (χ4v) is 12.8. The first-order chi connectivity index (χ1) is 27.2. The monoisotopic (exact) mass is 1200 g/mol. The molecule has 0 fully saturated rings. The first kappa shape index (κ1) is 45.5. The highest BCUT2D eigenvalue weighted by atomic mass is 127. The number of aryl methyl sites for hydroxylation is 3. The minimum atomic E-state index is -0.152. The molecule has 7 rings (SSSR count). The Morgan fingerprint density at radius 2 is 0.579 bits per heavy atom. The third kappa shape index (κ3) is 11.8. The van der Waals surface area contributed by atoms with Gasteiger partial charge in [0.2, 0.25) is 0 Å². The number of hydrogen-bond acceptors (Lipinski definition) is 0. The van der Waals surface area contributed by atoms with E-state index in [1.807, 2.05) is 18.2 Å². The van der Waals surface area contributed by atoms with Gasteiger partial charge in [-0.15, -0.1) is 0 Å². The van der Waals surface area contributed by atoms with Crippen molar-refractivity contribution >= 4 is 45.2 Å². The summed E-state index contributed by atoms with van der Waals surface area (Å²) in [6.45, 7) is 24.5. The van der Waals surface area contributed by atoms with Crippen LogP contribution in [0.3, 0.4) is 0 Å². The molecule has 0 radical (unpaired) electrons. The van der Waals surface area contributed by atoms with E-state index in [2.05, 4.69) is 231 Å². The van der Waals surface area contributed by atoms with E-state index in [9.17, 15) is 0 Å². The lowest BCUT2D eigenvalue weighted by atomic mass is 9.92. The standard InChI is InChI=1S/C30H30I2.C16H16I2.C7H8/c1-19-7-11-25(12-8-19)31-29-17-15-27(21(3)23(29)5)28-16-18-30(24(6)22(28)4)32-26-13-9-20(2)10-14-26;1-9-11(3)15(17)7-5-13(9)14-6-8-16(18)12(4)10(14)2;1-7-5-3-2-4-6-7/h7-18H,1-6H3;5-8H,1-4H3;2-6H,1H3/q+2;;. The topological polar surface area (TPSA) is 0 Å². The summed E-state index contributed by atoms with van der Waals surface area (Å²) in [5.41, 5.74) is 20.9. The summed E-state index contributed by atoms with van der Waals surface area (Å²) in [5.74, 6) is 0. The maximum absolute atomic E-state index is 2.41. The molecule has 292 valence electrons. The first-order valence-corrected chi connectivity index (χ1v) is 25.8. The highest BCUT2D eigenvalue weighted by Gasteiger charge is 2.24. The second-order valence-electron chi connectivity index (χ2n) is 14.8. The molecule has 0 aliphatic carbocycles. The van der Waals surface area contributed by atoms with E-state index in [1.165, 1.54) is 105 Å². The van der Waals surface area contributed by atoms with E-state index in [0.717, 1.165) is 0 Å². The molecular weight excluding hydrogens is 1140 g/mol. The molecule has 0 saturated carbocycles. The van der Waals surface area contributed by atoms with Crippen molar-refractivity contribution in [3.63, 3.8) is 0 Å². The second kappa shape index (κ2) is 21.1. The normalized spacial score (nSPS) is 10.7. The van der Waals surface area contributed by atoms with Crippen LogP contribution in [0.15, 0.2) is 127 Å². The van der Waals surface area contributed by atoms with Crippen LogP contribution in [0, 0.1) is 97.6 Å². The molecule has 7 aromatic rings. The Hall–Kier alpha value is -2.54. The van der Waals surface area contributed by atoms with Gasteiger partial charge in [0.1, 0.15) is 0 Å². The fourth-order valence-electron chi connectivity index (χ4n) is 6.48. The molecule has 4 heteroatoms. The highest BCUT2D eigenvalue weighted by Crippen LogP contribution is 2.33. The predicted molar refractivity (Wildman–Crippen MR) is 255 cm³/mol. The van der Waals surface area contributed by atoms with Crippen molar-refractivity contribution in [1.82, 2.24) is 0 Å². The largest absolute Gasteiger partial charge is 0.358 e. The lowest BCUT2D eigenvalue weighted by Gasteiger charge is -2.15. The number of benzene rings is 7. The van der Waals surface area contributed by atoms with Gasteiger partial charge in [-0.2, -0.15) is 0 Å². The quantitative estimate of drug-likeness (QED) is 0.146. The SMILES string of the molecule is Cc1c(I)ccc(-c2ccc(I)c(C)c2C)c1C.Cc1ccc([I+]c2ccc(-c3ccc([I+]c4ccc(C)cc4)c(C)c3C)c(C)c2C)cc1.Cc1ccccc1. The van der Waals surface area contributed by atoms with E-state index in [4.69, 9.17) is 0 Å². The van der Waals surface area contributed by atoms with Crippen molar-refractivity contribution in [1.29, 1.82) is 0 Å². The van der Waals surface area contributed by atoms with Crippen molar-refractivity contribution in [3.8, 4) is 22.3 Å². The summed E-state index contributed by atoms with van der Waals surface area (Å²) >= 11 is 4.51. The Balaban J connectivity index is 0.000000206. The molecule has 0 aliphatic heterocycles. The van der Waals surface area contributed by atoms with Crippen LogP contribution in [0.25, 0.3) is 22.3 Å². The highest BCUT2D eigenvalue weighted by molar-refractivity contribution is 14.1. The summed E-state index contributed by atoms with van der Waals surface area (Å²) in [6.07, 6.45) is 0. The van der Waals surface area contributed by atoms with Gasteiger partial charge in [0.25, 0.3) is 0 Å². The van der Waals surface area contributed by atoms with Gasteiger partial charge in [-0.05, 0) is 238 Å². The molecule has 57 heavy (non-hydrogen) atoms. The Morgan fingerprint density at radius 3 is 0.895 bits per heavy atom. The average Bonchev–Trinajstić information content (AvgIpc) is 3.20. The predicted octanol–water partition coefficient (Wildman–Crippen LogP) is 9.25. The smallest absolute Gasteiger partial charge is 0.0622 e. The van der Waals surface area contributed by atoms with Crippen LogP contribution < -0.4 is 42.4 Å². The molecule has 0 atom stereocenters. The Labute approximate surface area is 391 Å². The Morgan fingerprint density at radius 1 is 0.281 bits per heavy atom. The second-order valence-corrected chi connectivity index (χ2v) is 23.0. The maximum Gasteiger partial charge on any atom is 0.358 e. The summed E-state index contributed by atoms with van der Waals surface area (Å²) in [4.78, 5) is 0. The molecule has 0 nitrogen and oxygen atoms in total. The van der Waals surface area contributed by atoms with Gasteiger partial charge >= 0.3 is 42.4 Å². The lowest BCUT2D eigenvalue weighted by molar-refractivity contribution is -0.598. The summed E-state index contributed by atoms with van der Waals surface area (Å²) in [7, 11) is 0. The zero-order valence-electron chi connectivity index (χ0n) is 35.1. The average molecular weight is 1200 g/mol. The van der Waals surface area contributed by atoms with Crippen molar-refractivity contribution in [2.75, 3.05) is 0 Å². The van der Waals surface area contributed by atoms with Crippen LogP contribution in [0.4, 0.5) is 0 Å². The molecule has 0 amide bonds.